The minimum absolute atomic E-state index is 0.116. The fourth-order valence-electron chi connectivity index (χ4n) is 4.24. The zero-order valence-corrected chi connectivity index (χ0v) is 21.8. The van der Waals surface area contributed by atoms with Crippen LogP contribution in [-0.2, 0) is 4.79 Å². The Balaban J connectivity index is 1.35. The van der Waals surface area contributed by atoms with Gasteiger partial charge in [-0.1, -0.05) is 11.6 Å². The first kappa shape index (κ1) is 25.8. The maximum atomic E-state index is 11.9. The summed E-state index contributed by atoms with van der Waals surface area (Å²) < 4.78 is 7.76. The standard InChI is InChI=1S/C29H29N7O3/c1-20(4-3-13-37)9-11-35(19-38)23-6-7-26-25(15-23)29(32-17-30-26)34-22-5-8-27(21(2)14-22)39-24-10-12-36-28(16-24)31-18-33-36/h4-8,10,12,14-19,37H,3,9,11,13H2,1-2H3,(H,30,32,34)/b20-4-. The predicted octanol–water partition coefficient (Wildman–Crippen LogP) is 5.20. The van der Waals surface area contributed by atoms with Gasteiger partial charge in [0.15, 0.2) is 5.65 Å². The van der Waals surface area contributed by atoms with Crippen LogP contribution in [-0.4, -0.2) is 49.2 Å². The number of pyridine rings is 1. The quantitative estimate of drug-likeness (QED) is 0.179. The highest BCUT2D eigenvalue weighted by molar-refractivity contribution is 5.94. The van der Waals surface area contributed by atoms with E-state index in [0.717, 1.165) is 45.6 Å². The Morgan fingerprint density at radius 1 is 1.10 bits per heavy atom. The van der Waals surface area contributed by atoms with Gasteiger partial charge in [0.05, 0.1) is 5.52 Å². The summed E-state index contributed by atoms with van der Waals surface area (Å²) in [5.41, 5.74) is 5.15. The van der Waals surface area contributed by atoms with Crippen molar-refractivity contribution in [1.82, 2.24) is 24.6 Å². The van der Waals surface area contributed by atoms with Crippen molar-refractivity contribution in [3.63, 3.8) is 0 Å². The van der Waals surface area contributed by atoms with Gasteiger partial charge in [0.25, 0.3) is 0 Å². The second-order valence-corrected chi connectivity index (χ2v) is 9.17. The van der Waals surface area contributed by atoms with E-state index in [4.69, 9.17) is 9.84 Å². The molecule has 198 valence electrons. The summed E-state index contributed by atoms with van der Waals surface area (Å²) in [5.74, 6) is 2.04. The molecule has 0 spiro atoms. The van der Waals surface area contributed by atoms with Gasteiger partial charge in [0.1, 0.15) is 30.0 Å². The normalized spacial score (nSPS) is 11.6. The van der Waals surface area contributed by atoms with Crippen molar-refractivity contribution in [2.24, 2.45) is 0 Å². The van der Waals surface area contributed by atoms with Crippen LogP contribution >= 0.6 is 0 Å². The number of aliphatic hydroxyl groups excluding tert-OH is 1. The number of benzene rings is 2. The third kappa shape index (κ3) is 6.02. The minimum Gasteiger partial charge on any atom is -0.457 e. The Kier molecular flexibility index (Phi) is 7.74. The third-order valence-corrected chi connectivity index (χ3v) is 6.36. The molecule has 0 saturated carbocycles. The number of hydrogen-bond donors (Lipinski definition) is 2. The van der Waals surface area contributed by atoms with E-state index in [9.17, 15) is 4.79 Å². The Bertz CT molecular complexity index is 1650. The second-order valence-electron chi connectivity index (χ2n) is 9.17. The molecule has 0 bridgehead atoms. The number of carbonyl (C=O) groups excluding carboxylic acids is 1. The van der Waals surface area contributed by atoms with Crippen LogP contribution in [0.25, 0.3) is 16.6 Å². The number of nitrogens with zero attached hydrogens (tertiary/aromatic N) is 6. The molecule has 0 fully saturated rings. The number of aromatic nitrogens is 5. The average molecular weight is 524 g/mol. The van der Waals surface area contributed by atoms with Crippen LogP contribution in [0.1, 0.15) is 25.3 Å². The average Bonchev–Trinajstić information content (AvgIpc) is 3.42. The molecule has 0 atom stereocenters. The van der Waals surface area contributed by atoms with E-state index in [1.54, 1.807) is 15.6 Å². The van der Waals surface area contributed by atoms with Crippen LogP contribution in [0.5, 0.6) is 11.5 Å². The lowest BCUT2D eigenvalue weighted by Crippen LogP contribution is -2.22. The van der Waals surface area contributed by atoms with E-state index in [2.05, 4.69) is 25.4 Å². The van der Waals surface area contributed by atoms with E-state index in [-0.39, 0.29) is 6.61 Å². The maximum Gasteiger partial charge on any atom is 0.214 e. The summed E-state index contributed by atoms with van der Waals surface area (Å²) in [6, 6.07) is 15.2. The van der Waals surface area contributed by atoms with Crippen molar-refractivity contribution in [3.05, 3.63) is 84.6 Å². The Labute approximate surface area is 225 Å². The molecule has 0 saturated heterocycles. The molecule has 3 aromatic heterocycles. The van der Waals surface area contributed by atoms with Crippen molar-refractivity contribution in [3.8, 4) is 11.5 Å². The summed E-state index contributed by atoms with van der Waals surface area (Å²) in [4.78, 5) is 26.6. The number of ether oxygens (including phenoxy) is 1. The number of fused-ring (bicyclic) bond motifs is 2. The van der Waals surface area contributed by atoms with Gasteiger partial charge in [-0.25, -0.2) is 19.5 Å². The van der Waals surface area contributed by atoms with E-state index >= 15 is 0 Å². The summed E-state index contributed by atoms with van der Waals surface area (Å²) in [6.45, 7) is 4.63. The smallest absolute Gasteiger partial charge is 0.214 e. The number of aliphatic hydroxyl groups is 1. The molecular weight excluding hydrogens is 494 g/mol. The Hall–Kier alpha value is -4.83. The number of hydrogen-bond acceptors (Lipinski definition) is 8. The van der Waals surface area contributed by atoms with Crippen molar-refractivity contribution in [2.45, 2.75) is 26.7 Å². The second kappa shape index (κ2) is 11.7. The van der Waals surface area contributed by atoms with Crippen LogP contribution in [0.3, 0.4) is 0 Å². The largest absolute Gasteiger partial charge is 0.457 e. The van der Waals surface area contributed by atoms with Gasteiger partial charge >= 0.3 is 0 Å². The van der Waals surface area contributed by atoms with Crippen LogP contribution in [0, 0.1) is 6.92 Å². The summed E-state index contributed by atoms with van der Waals surface area (Å²) >= 11 is 0. The van der Waals surface area contributed by atoms with E-state index in [1.165, 1.54) is 12.7 Å². The van der Waals surface area contributed by atoms with Crippen LogP contribution < -0.4 is 15.0 Å². The Morgan fingerprint density at radius 2 is 2.00 bits per heavy atom. The van der Waals surface area contributed by atoms with Gasteiger partial charge in [-0.3, -0.25) is 4.79 Å². The van der Waals surface area contributed by atoms with Gasteiger partial charge in [-0.05, 0) is 74.7 Å². The van der Waals surface area contributed by atoms with Gasteiger partial charge in [-0.15, -0.1) is 0 Å². The highest BCUT2D eigenvalue weighted by Crippen LogP contribution is 2.31. The van der Waals surface area contributed by atoms with Gasteiger partial charge in [-0.2, -0.15) is 5.10 Å². The molecule has 0 aliphatic carbocycles. The molecule has 0 aliphatic rings. The first-order valence-corrected chi connectivity index (χ1v) is 12.6. The van der Waals surface area contributed by atoms with Gasteiger partial charge in [0.2, 0.25) is 6.41 Å². The molecular formula is C29H29N7O3. The highest BCUT2D eigenvalue weighted by Gasteiger charge is 2.11. The van der Waals surface area contributed by atoms with Gasteiger partial charge < -0.3 is 20.1 Å². The lowest BCUT2D eigenvalue weighted by molar-refractivity contribution is -0.107. The number of carbonyl (C=O) groups is 1. The fraction of sp³-hybridized carbons (Fsp3) is 0.207. The topological polar surface area (TPSA) is 118 Å². The van der Waals surface area contributed by atoms with Crippen molar-refractivity contribution in [1.29, 1.82) is 0 Å². The molecule has 39 heavy (non-hydrogen) atoms. The van der Waals surface area contributed by atoms with Crippen LogP contribution in [0.4, 0.5) is 17.2 Å². The first-order valence-electron chi connectivity index (χ1n) is 12.6. The van der Waals surface area contributed by atoms with Crippen molar-refractivity contribution in [2.75, 3.05) is 23.4 Å². The zero-order valence-electron chi connectivity index (χ0n) is 21.8. The van der Waals surface area contributed by atoms with E-state index < -0.39 is 0 Å². The molecule has 5 rings (SSSR count). The third-order valence-electron chi connectivity index (χ3n) is 6.36. The number of rotatable bonds is 11. The molecule has 2 N–H and O–H groups in total. The summed E-state index contributed by atoms with van der Waals surface area (Å²) in [6.07, 6.45) is 8.97. The molecule has 0 aliphatic heterocycles. The number of nitrogens with one attached hydrogen (secondary N) is 1. The number of amides is 1. The molecule has 10 nitrogen and oxygen atoms in total. The highest BCUT2D eigenvalue weighted by atomic mass is 16.5. The number of aryl methyl sites for hydroxylation is 1. The summed E-state index contributed by atoms with van der Waals surface area (Å²) in [5, 5.41) is 17.3. The SMILES string of the molecule is C/C(=C/CCO)CCN(C=O)c1ccc2ncnc(Nc3ccc(Oc4ccn5ncnc5c4)c(C)c3)c2c1. The lowest BCUT2D eigenvalue weighted by Gasteiger charge is -2.19. The van der Waals surface area contributed by atoms with Crippen LogP contribution in [0.2, 0.25) is 0 Å². The number of anilines is 3. The molecule has 2 aromatic carbocycles. The van der Waals surface area contributed by atoms with Gasteiger partial charge in [0, 0.05) is 42.2 Å². The molecule has 1 amide bonds. The maximum absolute atomic E-state index is 11.9. The molecule has 5 aromatic rings. The van der Waals surface area contributed by atoms with E-state index in [0.29, 0.717) is 36.6 Å². The molecule has 3 heterocycles. The summed E-state index contributed by atoms with van der Waals surface area (Å²) in [7, 11) is 0. The first-order chi connectivity index (χ1) is 19.0. The zero-order chi connectivity index (χ0) is 27.2. The molecule has 0 radical (unpaired) electrons. The minimum atomic E-state index is 0.116. The predicted molar refractivity (Wildman–Crippen MR) is 151 cm³/mol. The fourth-order valence-corrected chi connectivity index (χ4v) is 4.24. The van der Waals surface area contributed by atoms with Crippen LogP contribution in [0.15, 0.2) is 79.0 Å². The Morgan fingerprint density at radius 3 is 2.82 bits per heavy atom. The van der Waals surface area contributed by atoms with E-state index in [1.807, 2.05) is 68.5 Å². The molecule has 10 heteroatoms. The monoisotopic (exact) mass is 523 g/mol. The van der Waals surface area contributed by atoms with Crippen molar-refractivity contribution < 1.29 is 14.6 Å². The van der Waals surface area contributed by atoms with Crippen molar-refractivity contribution >= 4 is 40.2 Å². The lowest BCUT2D eigenvalue weighted by atomic mass is 10.1. The molecule has 0 unspecified atom stereocenters.